The maximum Gasteiger partial charge on any atom is 0.274 e. The van der Waals surface area contributed by atoms with Crippen LogP contribution in [0.5, 0.6) is 0 Å². The summed E-state index contributed by atoms with van der Waals surface area (Å²) < 4.78 is 3.49. The Labute approximate surface area is 69.9 Å². The quantitative estimate of drug-likeness (QED) is 0.566. The molecule has 0 aliphatic rings. The van der Waals surface area contributed by atoms with Crippen molar-refractivity contribution in [3.05, 3.63) is 40.6 Å². The molecule has 3 heteroatoms. The summed E-state index contributed by atoms with van der Waals surface area (Å²) >= 11 is 0. The average Bonchev–Trinajstić information content (AvgIpc) is 2.48. The van der Waals surface area contributed by atoms with E-state index in [0.29, 0.717) is 0 Å². The lowest BCUT2D eigenvalue weighted by molar-refractivity contribution is 0.804. The van der Waals surface area contributed by atoms with Gasteiger partial charge in [0.25, 0.3) is 5.56 Å². The van der Waals surface area contributed by atoms with Gasteiger partial charge in [-0.15, -0.1) is 0 Å². The van der Waals surface area contributed by atoms with Gasteiger partial charge >= 0.3 is 0 Å². The highest BCUT2D eigenvalue weighted by Crippen LogP contribution is 2.00. The van der Waals surface area contributed by atoms with Crippen molar-refractivity contribution >= 4 is 5.52 Å². The lowest BCUT2D eigenvalue weighted by Gasteiger charge is -2.03. The van der Waals surface area contributed by atoms with E-state index in [1.807, 2.05) is 35.9 Å². The van der Waals surface area contributed by atoms with Crippen molar-refractivity contribution in [1.82, 2.24) is 8.97 Å². The molecular formula is C9H10N2O. The zero-order chi connectivity index (χ0) is 8.72. The van der Waals surface area contributed by atoms with Crippen LogP contribution in [0.1, 0.15) is 5.69 Å². The number of aryl methyl sites for hydroxylation is 1. The average molecular weight is 162 g/mol. The van der Waals surface area contributed by atoms with E-state index in [9.17, 15) is 4.79 Å². The summed E-state index contributed by atoms with van der Waals surface area (Å²) in [6.07, 6.45) is 3.82. The Morgan fingerprint density at radius 2 is 2.17 bits per heavy atom. The molecule has 0 amide bonds. The van der Waals surface area contributed by atoms with E-state index in [4.69, 9.17) is 0 Å². The number of hydrogen-bond acceptors (Lipinski definition) is 1. The van der Waals surface area contributed by atoms with Crippen LogP contribution in [0.2, 0.25) is 0 Å². The summed E-state index contributed by atoms with van der Waals surface area (Å²) in [5.41, 5.74) is 1.74. The van der Waals surface area contributed by atoms with E-state index in [1.165, 1.54) is 0 Å². The third kappa shape index (κ3) is 0.794. The second-order valence-corrected chi connectivity index (χ2v) is 2.94. The number of aromatic nitrogens is 2. The monoisotopic (exact) mass is 162 g/mol. The maximum atomic E-state index is 11.6. The number of rotatable bonds is 0. The van der Waals surface area contributed by atoms with Crippen LogP contribution in [0.25, 0.3) is 5.52 Å². The van der Waals surface area contributed by atoms with Crippen molar-refractivity contribution in [2.45, 2.75) is 6.92 Å². The number of hydrogen-bond donors (Lipinski definition) is 0. The molecule has 0 N–H and O–H groups in total. The normalized spacial score (nSPS) is 10.8. The summed E-state index contributed by atoms with van der Waals surface area (Å²) in [5.74, 6) is 0. The van der Waals surface area contributed by atoms with E-state index in [-0.39, 0.29) is 5.56 Å². The molecule has 0 saturated carbocycles. The molecule has 2 rings (SSSR count). The third-order valence-electron chi connectivity index (χ3n) is 2.16. The van der Waals surface area contributed by atoms with E-state index < -0.39 is 0 Å². The molecule has 0 unspecified atom stereocenters. The van der Waals surface area contributed by atoms with Gasteiger partial charge < -0.3 is 8.97 Å². The van der Waals surface area contributed by atoms with Gasteiger partial charge in [0.1, 0.15) is 5.52 Å². The molecule has 2 aromatic heterocycles. The van der Waals surface area contributed by atoms with Crippen LogP contribution in [0.4, 0.5) is 0 Å². The van der Waals surface area contributed by atoms with Gasteiger partial charge in [-0.05, 0) is 19.1 Å². The van der Waals surface area contributed by atoms with Crippen molar-refractivity contribution in [2.75, 3.05) is 0 Å². The lowest BCUT2D eigenvalue weighted by atomic mass is 10.4. The van der Waals surface area contributed by atoms with Crippen molar-refractivity contribution in [2.24, 2.45) is 7.05 Å². The van der Waals surface area contributed by atoms with Crippen LogP contribution in [0, 0.1) is 6.92 Å². The number of fused-ring (bicyclic) bond motifs is 1. The Hall–Kier alpha value is -1.51. The molecule has 0 radical (unpaired) electrons. The van der Waals surface area contributed by atoms with Crippen LogP contribution in [-0.2, 0) is 7.05 Å². The fourth-order valence-electron chi connectivity index (χ4n) is 1.31. The molecule has 62 valence electrons. The van der Waals surface area contributed by atoms with Crippen molar-refractivity contribution in [1.29, 1.82) is 0 Å². The topological polar surface area (TPSA) is 26.4 Å². The first-order chi connectivity index (χ1) is 5.70. The molecule has 3 nitrogen and oxygen atoms in total. The van der Waals surface area contributed by atoms with Crippen molar-refractivity contribution in [3.63, 3.8) is 0 Å². The molecule has 0 atom stereocenters. The van der Waals surface area contributed by atoms with Gasteiger partial charge in [0.05, 0.1) is 0 Å². The van der Waals surface area contributed by atoms with Crippen LogP contribution in [0.15, 0.2) is 29.3 Å². The smallest absolute Gasteiger partial charge is 0.274 e. The highest BCUT2D eigenvalue weighted by Gasteiger charge is 2.00. The van der Waals surface area contributed by atoms with E-state index >= 15 is 0 Å². The Morgan fingerprint density at radius 3 is 2.92 bits per heavy atom. The van der Waals surface area contributed by atoms with Crippen molar-refractivity contribution in [3.8, 4) is 0 Å². The standard InChI is InChI=1S/C9H10N2O/c1-7-6-11-5-3-4-8(11)9(12)10(7)2/h3-6H,1-2H3. The second-order valence-electron chi connectivity index (χ2n) is 2.94. The molecule has 0 bridgehead atoms. The highest BCUT2D eigenvalue weighted by atomic mass is 16.1. The Kier molecular flexibility index (Phi) is 1.33. The van der Waals surface area contributed by atoms with Gasteiger partial charge in [0.15, 0.2) is 0 Å². The predicted molar refractivity (Wildman–Crippen MR) is 47.4 cm³/mol. The SMILES string of the molecule is Cc1cn2cccc2c(=O)n1C. The molecule has 12 heavy (non-hydrogen) atoms. The van der Waals surface area contributed by atoms with E-state index in [0.717, 1.165) is 11.2 Å². The van der Waals surface area contributed by atoms with Crippen LogP contribution in [0.3, 0.4) is 0 Å². The van der Waals surface area contributed by atoms with Gasteiger partial charge in [-0.25, -0.2) is 0 Å². The lowest BCUT2D eigenvalue weighted by Crippen LogP contribution is -2.20. The second kappa shape index (κ2) is 2.24. The fraction of sp³-hybridized carbons (Fsp3) is 0.222. The first-order valence-electron chi connectivity index (χ1n) is 3.83. The van der Waals surface area contributed by atoms with Crippen molar-refractivity contribution < 1.29 is 0 Å². The Balaban J connectivity index is 3.05. The minimum atomic E-state index is 0.0556. The molecule has 2 heterocycles. The van der Waals surface area contributed by atoms with Crippen LogP contribution in [-0.4, -0.2) is 8.97 Å². The summed E-state index contributed by atoms with van der Waals surface area (Å²) in [4.78, 5) is 11.6. The molecule has 2 aromatic rings. The van der Waals surface area contributed by atoms with Crippen LogP contribution >= 0.6 is 0 Å². The molecule has 0 spiro atoms. The predicted octanol–water partition coefficient (Wildman–Crippen LogP) is 0.946. The molecule has 0 saturated heterocycles. The summed E-state index contributed by atoms with van der Waals surface area (Å²) in [5, 5.41) is 0. The maximum absolute atomic E-state index is 11.6. The van der Waals surface area contributed by atoms with Gasteiger partial charge in [-0.1, -0.05) is 0 Å². The molecule has 0 aliphatic heterocycles. The first-order valence-corrected chi connectivity index (χ1v) is 3.83. The summed E-state index contributed by atoms with van der Waals surface area (Å²) in [7, 11) is 1.78. The van der Waals surface area contributed by atoms with E-state index in [2.05, 4.69) is 0 Å². The van der Waals surface area contributed by atoms with E-state index in [1.54, 1.807) is 11.6 Å². The zero-order valence-electron chi connectivity index (χ0n) is 7.11. The minimum absolute atomic E-state index is 0.0556. The largest absolute Gasteiger partial charge is 0.317 e. The van der Waals surface area contributed by atoms with Gasteiger partial charge in [-0.3, -0.25) is 4.79 Å². The molecule has 0 aliphatic carbocycles. The Bertz CT molecular complexity index is 479. The highest BCUT2D eigenvalue weighted by molar-refractivity contribution is 5.45. The van der Waals surface area contributed by atoms with Gasteiger partial charge in [-0.2, -0.15) is 0 Å². The Morgan fingerprint density at radius 1 is 1.42 bits per heavy atom. The zero-order valence-corrected chi connectivity index (χ0v) is 7.11. The summed E-state index contributed by atoms with van der Waals surface area (Å²) in [6.45, 7) is 1.92. The van der Waals surface area contributed by atoms with Gasteiger partial charge in [0.2, 0.25) is 0 Å². The molecule has 0 fully saturated rings. The van der Waals surface area contributed by atoms with Gasteiger partial charge in [0, 0.05) is 25.1 Å². The molecule has 0 aromatic carbocycles. The summed E-state index contributed by atoms with van der Waals surface area (Å²) in [6, 6.07) is 3.69. The third-order valence-corrected chi connectivity index (χ3v) is 2.16. The molecular weight excluding hydrogens is 152 g/mol. The number of nitrogens with zero attached hydrogens (tertiary/aromatic N) is 2. The minimum Gasteiger partial charge on any atom is -0.317 e. The first kappa shape index (κ1) is 7.16. The van der Waals surface area contributed by atoms with Crippen LogP contribution < -0.4 is 5.56 Å². The fourth-order valence-corrected chi connectivity index (χ4v) is 1.31.